The first-order valence-corrected chi connectivity index (χ1v) is 5.42. The van der Waals surface area contributed by atoms with Gasteiger partial charge in [0.1, 0.15) is 0 Å². The highest BCUT2D eigenvalue weighted by molar-refractivity contribution is 5.58. The maximum absolute atomic E-state index is 10.7. The van der Waals surface area contributed by atoms with Crippen molar-refractivity contribution >= 4 is 5.69 Å². The van der Waals surface area contributed by atoms with Gasteiger partial charge in [0, 0.05) is 30.7 Å². The fraction of sp³-hybridized carbons (Fsp3) is 0.273. The molecular weight excluding hydrogens is 236 g/mol. The summed E-state index contributed by atoms with van der Waals surface area (Å²) < 4.78 is 5.05. The SMILES string of the molecule is CNCCc1nc(-c2cccc([N+](=O)[O-])c2)no1. The van der Waals surface area contributed by atoms with Crippen LogP contribution in [-0.2, 0) is 6.42 Å². The van der Waals surface area contributed by atoms with E-state index in [-0.39, 0.29) is 5.69 Å². The molecule has 2 rings (SSSR count). The molecule has 1 N–H and O–H groups in total. The molecule has 1 aromatic carbocycles. The topological polar surface area (TPSA) is 94.1 Å². The minimum absolute atomic E-state index is 0.00840. The highest BCUT2D eigenvalue weighted by Gasteiger charge is 2.12. The van der Waals surface area contributed by atoms with Crippen molar-refractivity contribution in [2.45, 2.75) is 6.42 Å². The number of nitro groups is 1. The molecule has 1 aromatic heterocycles. The van der Waals surface area contributed by atoms with Gasteiger partial charge < -0.3 is 9.84 Å². The first kappa shape index (κ1) is 12.2. The summed E-state index contributed by atoms with van der Waals surface area (Å²) in [5.41, 5.74) is 0.581. The number of rotatable bonds is 5. The summed E-state index contributed by atoms with van der Waals surface area (Å²) >= 11 is 0. The summed E-state index contributed by atoms with van der Waals surface area (Å²) in [6, 6.07) is 6.15. The third-order valence-electron chi connectivity index (χ3n) is 2.37. The largest absolute Gasteiger partial charge is 0.339 e. The molecule has 7 nitrogen and oxygen atoms in total. The van der Waals surface area contributed by atoms with Crippen molar-refractivity contribution in [3.8, 4) is 11.4 Å². The Balaban J connectivity index is 2.23. The average molecular weight is 248 g/mol. The molecule has 0 aliphatic rings. The van der Waals surface area contributed by atoms with E-state index in [4.69, 9.17) is 4.52 Å². The van der Waals surface area contributed by atoms with E-state index in [2.05, 4.69) is 15.5 Å². The maximum Gasteiger partial charge on any atom is 0.270 e. The first-order valence-electron chi connectivity index (χ1n) is 5.42. The standard InChI is InChI=1S/C11H12N4O3/c1-12-6-5-10-13-11(14-18-10)8-3-2-4-9(7-8)15(16)17/h2-4,7,12H,5-6H2,1H3. The van der Waals surface area contributed by atoms with Gasteiger partial charge in [-0.05, 0) is 7.05 Å². The molecule has 1 heterocycles. The van der Waals surface area contributed by atoms with Crippen LogP contribution in [0.25, 0.3) is 11.4 Å². The van der Waals surface area contributed by atoms with E-state index in [1.807, 2.05) is 7.05 Å². The number of nitro benzene ring substituents is 1. The number of aromatic nitrogens is 2. The Bertz CT molecular complexity index is 553. The monoisotopic (exact) mass is 248 g/mol. The zero-order valence-corrected chi connectivity index (χ0v) is 9.79. The van der Waals surface area contributed by atoms with Crippen LogP contribution < -0.4 is 5.32 Å². The predicted molar refractivity (Wildman–Crippen MR) is 64.0 cm³/mol. The van der Waals surface area contributed by atoms with Gasteiger partial charge in [-0.15, -0.1) is 0 Å². The van der Waals surface area contributed by atoms with Crippen LogP contribution >= 0.6 is 0 Å². The smallest absolute Gasteiger partial charge is 0.270 e. The number of likely N-dealkylation sites (N-methyl/N-ethyl adjacent to an activating group) is 1. The molecule has 0 saturated heterocycles. The number of benzene rings is 1. The van der Waals surface area contributed by atoms with Gasteiger partial charge in [-0.25, -0.2) is 0 Å². The van der Waals surface area contributed by atoms with Gasteiger partial charge in [-0.3, -0.25) is 10.1 Å². The Morgan fingerprint density at radius 1 is 1.50 bits per heavy atom. The van der Waals surface area contributed by atoms with Crippen LogP contribution in [0.4, 0.5) is 5.69 Å². The molecule has 0 aliphatic carbocycles. The lowest BCUT2D eigenvalue weighted by Crippen LogP contribution is -2.10. The Morgan fingerprint density at radius 2 is 2.33 bits per heavy atom. The highest BCUT2D eigenvalue weighted by Crippen LogP contribution is 2.21. The van der Waals surface area contributed by atoms with Gasteiger partial charge in [0.25, 0.3) is 5.69 Å². The van der Waals surface area contributed by atoms with Gasteiger partial charge in [-0.2, -0.15) is 4.98 Å². The lowest BCUT2D eigenvalue weighted by atomic mass is 10.2. The van der Waals surface area contributed by atoms with Crippen LogP contribution in [0.15, 0.2) is 28.8 Å². The lowest BCUT2D eigenvalue weighted by molar-refractivity contribution is -0.384. The first-order chi connectivity index (χ1) is 8.70. The van der Waals surface area contributed by atoms with Crippen LogP contribution in [-0.4, -0.2) is 28.7 Å². The van der Waals surface area contributed by atoms with Crippen molar-refractivity contribution in [3.63, 3.8) is 0 Å². The van der Waals surface area contributed by atoms with E-state index in [9.17, 15) is 10.1 Å². The number of nitrogens with zero attached hydrogens (tertiary/aromatic N) is 3. The molecule has 0 amide bonds. The fourth-order valence-corrected chi connectivity index (χ4v) is 1.46. The highest BCUT2D eigenvalue weighted by atomic mass is 16.6. The fourth-order valence-electron chi connectivity index (χ4n) is 1.46. The zero-order chi connectivity index (χ0) is 13.0. The van der Waals surface area contributed by atoms with E-state index in [0.717, 1.165) is 6.54 Å². The molecule has 0 radical (unpaired) electrons. The van der Waals surface area contributed by atoms with Crippen LogP contribution in [0.5, 0.6) is 0 Å². The Labute approximate surface area is 103 Å². The van der Waals surface area contributed by atoms with Gasteiger partial charge in [-0.1, -0.05) is 17.3 Å². The maximum atomic E-state index is 10.7. The molecular formula is C11H12N4O3. The van der Waals surface area contributed by atoms with Crippen LogP contribution in [0.1, 0.15) is 5.89 Å². The molecule has 18 heavy (non-hydrogen) atoms. The van der Waals surface area contributed by atoms with Gasteiger partial charge in [0.05, 0.1) is 4.92 Å². The van der Waals surface area contributed by atoms with Crippen molar-refractivity contribution in [1.82, 2.24) is 15.5 Å². The van der Waals surface area contributed by atoms with E-state index in [0.29, 0.717) is 23.7 Å². The molecule has 0 unspecified atom stereocenters. The van der Waals surface area contributed by atoms with E-state index in [1.54, 1.807) is 12.1 Å². The Kier molecular flexibility index (Phi) is 3.63. The predicted octanol–water partition coefficient (Wildman–Crippen LogP) is 1.41. The molecule has 2 aromatic rings. The van der Waals surface area contributed by atoms with Gasteiger partial charge >= 0.3 is 0 Å². The third-order valence-corrected chi connectivity index (χ3v) is 2.37. The molecule has 0 aliphatic heterocycles. The Morgan fingerprint density at radius 3 is 3.06 bits per heavy atom. The summed E-state index contributed by atoms with van der Waals surface area (Å²) in [6.45, 7) is 0.733. The minimum atomic E-state index is -0.453. The quantitative estimate of drug-likeness (QED) is 0.635. The molecule has 94 valence electrons. The van der Waals surface area contributed by atoms with Crippen molar-refractivity contribution in [1.29, 1.82) is 0 Å². The molecule has 0 fully saturated rings. The second-order valence-electron chi connectivity index (χ2n) is 3.67. The number of nitrogens with one attached hydrogen (secondary N) is 1. The van der Waals surface area contributed by atoms with Crippen molar-refractivity contribution in [2.75, 3.05) is 13.6 Å². The van der Waals surface area contributed by atoms with Gasteiger partial charge in [0.2, 0.25) is 11.7 Å². The van der Waals surface area contributed by atoms with Crippen LogP contribution in [0, 0.1) is 10.1 Å². The second-order valence-corrected chi connectivity index (χ2v) is 3.67. The summed E-state index contributed by atoms with van der Waals surface area (Å²) in [5.74, 6) is 0.871. The third kappa shape index (κ3) is 2.69. The zero-order valence-electron chi connectivity index (χ0n) is 9.79. The summed E-state index contributed by atoms with van der Waals surface area (Å²) in [6.07, 6.45) is 0.623. The summed E-state index contributed by atoms with van der Waals surface area (Å²) in [5, 5.41) is 17.4. The summed E-state index contributed by atoms with van der Waals surface area (Å²) in [7, 11) is 1.83. The molecule has 0 bridgehead atoms. The minimum Gasteiger partial charge on any atom is -0.339 e. The van der Waals surface area contributed by atoms with Crippen molar-refractivity contribution in [3.05, 3.63) is 40.3 Å². The van der Waals surface area contributed by atoms with Crippen molar-refractivity contribution < 1.29 is 9.45 Å². The number of hydrogen-bond acceptors (Lipinski definition) is 6. The second kappa shape index (κ2) is 5.37. The number of non-ortho nitro benzene ring substituents is 1. The lowest BCUT2D eigenvalue weighted by Gasteiger charge is -1.94. The molecule has 7 heteroatoms. The van der Waals surface area contributed by atoms with E-state index < -0.39 is 4.92 Å². The van der Waals surface area contributed by atoms with Gasteiger partial charge in [0.15, 0.2) is 0 Å². The molecule has 0 saturated carbocycles. The molecule has 0 spiro atoms. The average Bonchev–Trinajstić information content (AvgIpc) is 2.85. The van der Waals surface area contributed by atoms with E-state index >= 15 is 0 Å². The Hall–Kier alpha value is -2.28. The van der Waals surface area contributed by atoms with E-state index in [1.165, 1.54) is 12.1 Å². The number of hydrogen-bond donors (Lipinski definition) is 1. The van der Waals surface area contributed by atoms with Crippen molar-refractivity contribution in [2.24, 2.45) is 0 Å². The van der Waals surface area contributed by atoms with Crippen LogP contribution in [0.3, 0.4) is 0 Å². The van der Waals surface area contributed by atoms with Crippen LogP contribution in [0.2, 0.25) is 0 Å². The summed E-state index contributed by atoms with van der Waals surface area (Å²) in [4.78, 5) is 14.4. The normalized spacial score (nSPS) is 10.5. The molecule has 0 atom stereocenters.